The lowest BCUT2D eigenvalue weighted by atomic mass is 10.2. The average molecular weight is 432 g/mol. The molecule has 0 unspecified atom stereocenters. The molecule has 0 bridgehead atoms. The van der Waals surface area contributed by atoms with Crippen molar-refractivity contribution in [2.45, 2.75) is 0 Å². The fourth-order valence-corrected chi connectivity index (χ4v) is 3.23. The van der Waals surface area contributed by atoms with E-state index in [0.717, 1.165) is 5.75 Å². The highest BCUT2D eigenvalue weighted by molar-refractivity contribution is 6.03. The Kier molecular flexibility index (Phi) is 6.46. The molecule has 0 saturated carbocycles. The minimum atomic E-state index is -0.351. The van der Waals surface area contributed by atoms with Gasteiger partial charge in [0.1, 0.15) is 23.9 Å². The van der Waals surface area contributed by atoms with Crippen LogP contribution in [0.15, 0.2) is 78.9 Å². The number of halogens is 1. The van der Waals surface area contributed by atoms with E-state index in [2.05, 4.69) is 5.32 Å². The number of ether oxygens (including phenoxy) is 2. The molecule has 2 amide bonds. The van der Waals surface area contributed by atoms with Crippen LogP contribution >= 0.6 is 0 Å². The van der Waals surface area contributed by atoms with Crippen LogP contribution in [-0.2, 0) is 9.59 Å². The lowest BCUT2D eigenvalue weighted by molar-refractivity contribution is -0.121. The van der Waals surface area contributed by atoms with Crippen LogP contribution in [0.3, 0.4) is 0 Å². The van der Waals surface area contributed by atoms with E-state index in [-0.39, 0.29) is 24.2 Å². The Morgan fingerprint density at radius 1 is 1.09 bits per heavy atom. The number of para-hydroxylation sites is 1. The van der Waals surface area contributed by atoms with Crippen LogP contribution in [-0.4, -0.2) is 31.6 Å². The molecule has 1 aliphatic heterocycles. The molecule has 6 nitrogen and oxygen atoms in total. The second-order valence-electron chi connectivity index (χ2n) is 7.05. The minimum Gasteiger partial charge on any atom is -0.492 e. The molecule has 0 atom stereocenters. The number of benzene rings is 3. The van der Waals surface area contributed by atoms with Gasteiger partial charge >= 0.3 is 0 Å². The van der Waals surface area contributed by atoms with Crippen molar-refractivity contribution in [3.8, 4) is 11.5 Å². The first-order valence-electron chi connectivity index (χ1n) is 10.1. The third-order valence-electron chi connectivity index (χ3n) is 4.79. The summed E-state index contributed by atoms with van der Waals surface area (Å²) in [5.41, 5.74) is 1.79. The molecule has 0 fully saturated rings. The molecule has 1 N–H and O–H groups in total. The van der Waals surface area contributed by atoms with Crippen LogP contribution in [0, 0.1) is 5.82 Å². The summed E-state index contributed by atoms with van der Waals surface area (Å²) in [4.78, 5) is 26.3. The van der Waals surface area contributed by atoms with Crippen molar-refractivity contribution in [1.29, 1.82) is 0 Å². The third-order valence-corrected chi connectivity index (χ3v) is 4.79. The van der Waals surface area contributed by atoms with Crippen molar-refractivity contribution in [1.82, 2.24) is 0 Å². The Morgan fingerprint density at radius 3 is 2.66 bits per heavy atom. The molecular formula is C25H21FN2O4. The summed E-state index contributed by atoms with van der Waals surface area (Å²) in [6, 6.07) is 20.3. The summed E-state index contributed by atoms with van der Waals surface area (Å²) < 4.78 is 24.2. The smallest absolute Gasteiger partial charge is 0.265 e. The molecular weight excluding hydrogens is 411 g/mol. The van der Waals surface area contributed by atoms with Gasteiger partial charge in [-0.1, -0.05) is 30.3 Å². The predicted molar refractivity (Wildman–Crippen MR) is 120 cm³/mol. The van der Waals surface area contributed by atoms with Crippen LogP contribution in [0.4, 0.5) is 15.8 Å². The van der Waals surface area contributed by atoms with Gasteiger partial charge in [-0.15, -0.1) is 0 Å². The summed E-state index contributed by atoms with van der Waals surface area (Å²) in [6.45, 7) is 0.600. The van der Waals surface area contributed by atoms with Crippen molar-refractivity contribution in [2.24, 2.45) is 0 Å². The quantitative estimate of drug-likeness (QED) is 0.566. The van der Waals surface area contributed by atoms with Gasteiger partial charge < -0.3 is 19.7 Å². The van der Waals surface area contributed by atoms with Gasteiger partial charge in [0.15, 0.2) is 6.61 Å². The maximum Gasteiger partial charge on any atom is 0.265 e. The van der Waals surface area contributed by atoms with Crippen molar-refractivity contribution in [2.75, 3.05) is 30.0 Å². The van der Waals surface area contributed by atoms with Gasteiger partial charge in [0, 0.05) is 11.8 Å². The molecule has 0 aliphatic carbocycles. The number of anilines is 2. The SMILES string of the molecule is O=C(/C=C/c1ccc(F)cc1)Nc1ccc2c(c1)N(CCOc1ccccc1)C(=O)CO2. The van der Waals surface area contributed by atoms with Crippen molar-refractivity contribution >= 4 is 29.3 Å². The molecule has 1 heterocycles. The summed E-state index contributed by atoms with van der Waals surface area (Å²) >= 11 is 0. The number of nitrogens with zero attached hydrogens (tertiary/aromatic N) is 1. The van der Waals surface area contributed by atoms with Crippen molar-refractivity contribution < 1.29 is 23.5 Å². The van der Waals surface area contributed by atoms with Gasteiger partial charge in [0.05, 0.1) is 12.2 Å². The molecule has 0 aromatic heterocycles. The first-order valence-corrected chi connectivity index (χ1v) is 10.1. The highest BCUT2D eigenvalue weighted by atomic mass is 19.1. The van der Waals surface area contributed by atoms with Crippen LogP contribution in [0.5, 0.6) is 11.5 Å². The summed E-state index contributed by atoms with van der Waals surface area (Å²) in [7, 11) is 0. The second-order valence-corrected chi connectivity index (χ2v) is 7.05. The second kappa shape index (κ2) is 9.78. The number of nitrogens with one attached hydrogen (secondary N) is 1. The number of carbonyl (C=O) groups excluding carboxylic acids is 2. The van der Waals surface area contributed by atoms with Gasteiger partial charge in [-0.3, -0.25) is 9.59 Å². The largest absolute Gasteiger partial charge is 0.492 e. The number of amides is 2. The lowest BCUT2D eigenvalue weighted by Crippen LogP contribution is -2.41. The summed E-state index contributed by atoms with van der Waals surface area (Å²) in [5, 5.41) is 2.77. The molecule has 4 rings (SSSR count). The number of carbonyl (C=O) groups is 2. The number of rotatable bonds is 7. The van der Waals surface area contributed by atoms with E-state index >= 15 is 0 Å². The topological polar surface area (TPSA) is 67.9 Å². The average Bonchev–Trinajstić information content (AvgIpc) is 2.81. The van der Waals surface area contributed by atoms with Crippen LogP contribution in [0.2, 0.25) is 0 Å². The van der Waals surface area contributed by atoms with Crippen LogP contribution < -0.4 is 19.7 Å². The molecule has 0 spiro atoms. The molecule has 1 aliphatic rings. The van der Waals surface area contributed by atoms with Gasteiger partial charge in [-0.2, -0.15) is 0 Å². The van der Waals surface area contributed by atoms with Gasteiger partial charge in [-0.05, 0) is 54.1 Å². The zero-order chi connectivity index (χ0) is 22.3. The Morgan fingerprint density at radius 2 is 1.88 bits per heavy atom. The van der Waals surface area contributed by atoms with Crippen LogP contribution in [0.1, 0.15) is 5.56 Å². The van der Waals surface area contributed by atoms with E-state index in [0.29, 0.717) is 35.8 Å². The standard InChI is InChI=1S/C25H21FN2O4/c26-19-9-6-18(7-10-19)8-13-24(29)27-20-11-12-23-22(16-20)28(25(30)17-32-23)14-15-31-21-4-2-1-3-5-21/h1-13,16H,14-15,17H2,(H,27,29)/b13-8+. The fourth-order valence-electron chi connectivity index (χ4n) is 3.23. The molecule has 0 radical (unpaired) electrons. The zero-order valence-corrected chi connectivity index (χ0v) is 17.2. The molecule has 3 aromatic rings. The van der Waals surface area contributed by atoms with E-state index in [1.807, 2.05) is 30.3 Å². The van der Waals surface area contributed by atoms with E-state index in [1.54, 1.807) is 41.3 Å². The lowest BCUT2D eigenvalue weighted by Gasteiger charge is -2.29. The van der Waals surface area contributed by atoms with E-state index in [9.17, 15) is 14.0 Å². The molecule has 0 saturated heterocycles. The summed E-state index contributed by atoms with van der Waals surface area (Å²) in [6.07, 6.45) is 2.95. The molecule has 32 heavy (non-hydrogen) atoms. The molecule has 162 valence electrons. The minimum absolute atomic E-state index is 0.0511. The monoisotopic (exact) mass is 432 g/mol. The predicted octanol–water partition coefficient (Wildman–Crippen LogP) is 4.28. The van der Waals surface area contributed by atoms with Gasteiger partial charge in [0.2, 0.25) is 5.91 Å². The Labute approximate surface area is 184 Å². The van der Waals surface area contributed by atoms with Gasteiger partial charge in [-0.25, -0.2) is 4.39 Å². The first-order chi connectivity index (χ1) is 15.6. The van der Waals surface area contributed by atoms with Crippen molar-refractivity contribution in [3.63, 3.8) is 0 Å². The first kappa shape index (κ1) is 21.1. The Bertz CT molecular complexity index is 1130. The number of fused-ring (bicyclic) bond motifs is 1. The number of hydrogen-bond acceptors (Lipinski definition) is 4. The third kappa shape index (κ3) is 5.31. The number of hydrogen-bond donors (Lipinski definition) is 1. The molecule has 7 heteroatoms. The maximum atomic E-state index is 13.0. The van der Waals surface area contributed by atoms with E-state index in [1.165, 1.54) is 18.2 Å². The summed E-state index contributed by atoms with van der Waals surface area (Å²) in [5.74, 6) is 0.410. The van der Waals surface area contributed by atoms with E-state index in [4.69, 9.17) is 9.47 Å². The Hall–Kier alpha value is -4.13. The maximum absolute atomic E-state index is 13.0. The van der Waals surface area contributed by atoms with E-state index < -0.39 is 0 Å². The molecule has 3 aromatic carbocycles. The van der Waals surface area contributed by atoms with Crippen molar-refractivity contribution in [3.05, 3.63) is 90.3 Å². The Balaban J connectivity index is 1.42. The van der Waals surface area contributed by atoms with Crippen LogP contribution in [0.25, 0.3) is 6.08 Å². The zero-order valence-electron chi connectivity index (χ0n) is 17.2. The highest BCUT2D eigenvalue weighted by Crippen LogP contribution is 2.34. The van der Waals surface area contributed by atoms with Gasteiger partial charge in [0.25, 0.3) is 5.91 Å². The fraction of sp³-hybridized carbons (Fsp3) is 0.120. The normalized spacial score (nSPS) is 12.9. The highest BCUT2D eigenvalue weighted by Gasteiger charge is 2.25.